The zero-order valence-electron chi connectivity index (χ0n) is 6.79. The van der Waals surface area contributed by atoms with Crippen molar-refractivity contribution in [1.82, 2.24) is 0 Å². The molecule has 1 aromatic carbocycles. The molecule has 0 aliphatic heterocycles. The number of rotatable bonds is 4. The minimum absolute atomic E-state index is 0.738. The van der Waals surface area contributed by atoms with Crippen LogP contribution in [0.1, 0.15) is 6.42 Å². The first-order valence-electron chi connectivity index (χ1n) is 3.87. The molecular formula is C9H12ClNS. The van der Waals surface area contributed by atoms with E-state index in [4.69, 9.17) is 17.3 Å². The summed E-state index contributed by atoms with van der Waals surface area (Å²) < 4.78 is 0. The summed E-state index contributed by atoms with van der Waals surface area (Å²) in [5.41, 5.74) is 6.37. The van der Waals surface area contributed by atoms with Gasteiger partial charge < -0.3 is 5.73 Å². The number of hydrogen-bond acceptors (Lipinski definition) is 2. The zero-order chi connectivity index (χ0) is 8.81. The molecule has 3 heteroatoms. The van der Waals surface area contributed by atoms with E-state index in [1.165, 1.54) is 4.90 Å². The standard InChI is InChI=1S/C9H12ClNS/c10-6-1-7-12-9-4-2-8(11)3-5-9/h2-5H,1,6-7,11H2. The summed E-state index contributed by atoms with van der Waals surface area (Å²) in [6, 6.07) is 7.91. The number of thioether (sulfide) groups is 1. The third kappa shape index (κ3) is 3.37. The van der Waals surface area contributed by atoms with Crippen LogP contribution in [-0.2, 0) is 0 Å². The van der Waals surface area contributed by atoms with Crippen LogP contribution in [0.5, 0.6) is 0 Å². The maximum Gasteiger partial charge on any atom is 0.0314 e. The third-order valence-corrected chi connectivity index (χ3v) is 2.79. The van der Waals surface area contributed by atoms with Gasteiger partial charge in [-0.1, -0.05) is 0 Å². The Labute approximate surface area is 82.3 Å². The van der Waals surface area contributed by atoms with Gasteiger partial charge in [-0.25, -0.2) is 0 Å². The van der Waals surface area contributed by atoms with Crippen molar-refractivity contribution in [3.05, 3.63) is 24.3 Å². The topological polar surface area (TPSA) is 26.0 Å². The highest BCUT2D eigenvalue weighted by Crippen LogP contribution is 2.19. The predicted octanol–water partition coefficient (Wildman–Crippen LogP) is 2.99. The zero-order valence-corrected chi connectivity index (χ0v) is 8.37. The number of nitrogen functional groups attached to an aromatic ring is 1. The van der Waals surface area contributed by atoms with Gasteiger partial charge in [-0.3, -0.25) is 0 Å². The van der Waals surface area contributed by atoms with E-state index in [2.05, 4.69) is 0 Å². The van der Waals surface area contributed by atoms with E-state index in [0.717, 1.165) is 23.7 Å². The Morgan fingerprint density at radius 3 is 2.50 bits per heavy atom. The summed E-state index contributed by atoms with van der Waals surface area (Å²) in [4.78, 5) is 1.26. The van der Waals surface area contributed by atoms with Crippen molar-refractivity contribution in [2.75, 3.05) is 17.4 Å². The summed E-state index contributed by atoms with van der Waals surface area (Å²) in [5.74, 6) is 1.81. The van der Waals surface area contributed by atoms with Gasteiger partial charge in [-0.15, -0.1) is 23.4 Å². The average molecular weight is 202 g/mol. The van der Waals surface area contributed by atoms with Gasteiger partial charge in [0.05, 0.1) is 0 Å². The van der Waals surface area contributed by atoms with Crippen LogP contribution in [-0.4, -0.2) is 11.6 Å². The lowest BCUT2D eigenvalue weighted by Crippen LogP contribution is -1.84. The molecule has 1 aromatic rings. The van der Waals surface area contributed by atoms with Crippen LogP contribution in [0.2, 0.25) is 0 Å². The van der Waals surface area contributed by atoms with E-state index in [1.54, 1.807) is 0 Å². The summed E-state index contributed by atoms with van der Waals surface area (Å²) in [6.45, 7) is 0. The molecule has 0 saturated heterocycles. The second-order valence-corrected chi connectivity index (χ2v) is 4.01. The average Bonchev–Trinajstić information content (AvgIpc) is 2.09. The van der Waals surface area contributed by atoms with E-state index in [0.29, 0.717) is 0 Å². The van der Waals surface area contributed by atoms with Crippen LogP contribution in [0.4, 0.5) is 5.69 Å². The fourth-order valence-corrected chi connectivity index (χ4v) is 1.95. The first kappa shape index (κ1) is 9.75. The highest BCUT2D eigenvalue weighted by Gasteiger charge is 1.92. The van der Waals surface area contributed by atoms with Gasteiger partial charge in [0.15, 0.2) is 0 Å². The van der Waals surface area contributed by atoms with Crippen molar-refractivity contribution in [3.63, 3.8) is 0 Å². The summed E-state index contributed by atoms with van der Waals surface area (Å²) in [7, 11) is 0. The van der Waals surface area contributed by atoms with Crippen LogP contribution in [0, 0.1) is 0 Å². The molecule has 2 N–H and O–H groups in total. The van der Waals surface area contributed by atoms with Crippen LogP contribution in [0.3, 0.4) is 0 Å². The minimum atomic E-state index is 0.738. The van der Waals surface area contributed by atoms with Crippen molar-refractivity contribution in [3.8, 4) is 0 Å². The fourth-order valence-electron chi connectivity index (χ4n) is 0.809. The SMILES string of the molecule is Nc1ccc(SCCCCl)cc1. The smallest absolute Gasteiger partial charge is 0.0314 e. The van der Waals surface area contributed by atoms with E-state index in [-0.39, 0.29) is 0 Å². The van der Waals surface area contributed by atoms with Crippen LogP contribution < -0.4 is 5.73 Å². The maximum atomic E-state index is 5.56. The van der Waals surface area contributed by atoms with Gasteiger partial charge in [-0.2, -0.15) is 0 Å². The van der Waals surface area contributed by atoms with Crippen molar-refractivity contribution in [1.29, 1.82) is 0 Å². The second-order valence-electron chi connectivity index (χ2n) is 2.46. The summed E-state index contributed by atoms with van der Waals surface area (Å²) >= 11 is 7.37. The van der Waals surface area contributed by atoms with E-state index in [1.807, 2.05) is 36.0 Å². The normalized spacial score (nSPS) is 10.1. The first-order chi connectivity index (χ1) is 5.83. The maximum absolute atomic E-state index is 5.56. The number of anilines is 1. The van der Waals surface area contributed by atoms with Gasteiger partial charge in [0, 0.05) is 16.5 Å². The molecule has 0 fully saturated rings. The quantitative estimate of drug-likeness (QED) is 0.351. The number of nitrogens with two attached hydrogens (primary N) is 1. The lowest BCUT2D eigenvalue weighted by molar-refractivity contribution is 1.11. The summed E-state index contributed by atoms with van der Waals surface area (Å²) in [6.07, 6.45) is 1.05. The Kier molecular flexibility index (Phi) is 4.33. The van der Waals surface area contributed by atoms with Crippen LogP contribution >= 0.6 is 23.4 Å². The number of alkyl halides is 1. The highest BCUT2D eigenvalue weighted by atomic mass is 35.5. The molecule has 0 aromatic heterocycles. The summed E-state index contributed by atoms with van der Waals surface area (Å²) in [5, 5.41) is 0. The fraction of sp³-hybridized carbons (Fsp3) is 0.333. The molecule has 1 nitrogen and oxygen atoms in total. The van der Waals surface area contributed by atoms with Gasteiger partial charge in [-0.05, 0) is 36.4 Å². The molecule has 0 heterocycles. The molecule has 0 unspecified atom stereocenters. The number of hydrogen-bond donors (Lipinski definition) is 1. The van der Waals surface area contributed by atoms with Crippen molar-refractivity contribution >= 4 is 29.1 Å². The number of benzene rings is 1. The molecule has 66 valence electrons. The Bertz CT molecular complexity index is 222. The molecule has 0 bridgehead atoms. The second kappa shape index (κ2) is 5.33. The monoisotopic (exact) mass is 201 g/mol. The Morgan fingerprint density at radius 2 is 1.92 bits per heavy atom. The highest BCUT2D eigenvalue weighted by molar-refractivity contribution is 7.99. The molecule has 0 aliphatic carbocycles. The molecular weight excluding hydrogens is 190 g/mol. The Balaban J connectivity index is 2.37. The third-order valence-electron chi connectivity index (χ3n) is 1.43. The van der Waals surface area contributed by atoms with Crippen molar-refractivity contribution in [2.45, 2.75) is 11.3 Å². The Morgan fingerprint density at radius 1 is 1.25 bits per heavy atom. The van der Waals surface area contributed by atoms with Gasteiger partial charge in [0.1, 0.15) is 0 Å². The molecule has 0 saturated carbocycles. The van der Waals surface area contributed by atoms with Crippen molar-refractivity contribution < 1.29 is 0 Å². The lowest BCUT2D eigenvalue weighted by atomic mass is 10.3. The largest absolute Gasteiger partial charge is 0.399 e. The van der Waals surface area contributed by atoms with Gasteiger partial charge >= 0.3 is 0 Å². The predicted molar refractivity (Wildman–Crippen MR) is 56.9 cm³/mol. The van der Waals surface area contributed by atoms with Crippen LogP contribution in [0.25, 0.3) is 0 Å². The molecule has 0 amide bonds. The first-order valence-corrected chi connectivity index (χ1v) is 5.39. The number of halogens is 1. The minimum Gasteiger partial charge on any atom is -0.399 e. The molecule has 0 radical (unpaired) electrons. The van der Waals surface area contributed by atoms with E-state index < -0.39 is 0 Å². The molecule has 0 atom stereocenters. The van der Waals surface area contributed by atoms with E-state index >= 15 is 0 Å². The lowest BCUT2D eigenvalue weighted by Gasteiger charge is -1.99. The van der Waals surface area contributed by atoms with Gasteiger partial charge in [0.25, 0.3) is 0 Å². The van der Waals surface area contributed by atoms with E-state index in [9.17, 15) is 0 Å². The van der Waals surface area contributed by atoms with Crippen LogP contribution in [0.15, 0.2) is 29.2 Å². The Hall–Kier alpha value is -0.340. The molecule has 0 spiro atoms. The molecule has 12 heavy (non-hydrogen) atoms. The molecule has 1 rings (SSSR count). The van der Waals surface area contributed by atoms with Crippen molar-refractivity contribution in [2.24, 2.45) is 0 Å². The van der Waals surface area contributed by atoms with Gasteiger partial charge in [0.2, 0.25) is 0 Å². The molecule has 0 aliphatic rings.